The molecule has 5 heteroatoms. The minimum absolute atomic E-state index is 0.00269. The summed E-state index contributed by atoms with van der Waals surface area (Å²) < 4.78 is 0. The predicted molar refractivity (Wildman–Crippen MR) is 96.9 cm³/mol. The van der Waals surface area contributed by atoms with Crippen LogP contribution in [0.15, 0.2) is 47.8 Å². The van der Waals surface area contributed by atoms with Crippen molar-refractivity contribution in [1.82, 2.24) is 10.3 Å². The molecule has 0 radical (unpaired) electrons. The number of carbonyl (C=O) groups excluding carboxylic acids is 1. The van der Waals surface area contributed by atoms with E-state index >= 15 is 0 Å². The fourth-order valence-corrected chi connectivity index (χ4v) is 4.21. The van der Waals surface area contributed by atoms with Crippen molar-refractivity contribution >= 4 is 28.6 Å². The van der Waals surface area contributed by atoms with E-state index in [4.69, 9.17) is 0 Å². The van der Waals surface area contributed by atoms with Gasteiger partial charge in [-0.15, -0.1) is 22.7 Å². The van der Waals surface area contributed by atoms with Crippen LogP contribution in [-0.2, 0) is 11.2 Å². The third kappa shape index (κ3) is 3.86. The highest BCUT2D eigenvalue weighted by Gasteiger charge is 2.17. The fourth-order valence-electron chi connectivity index (χ4n) is 2.46. The fraction of sp³-hybridized carbons (Fsp3) is 0.222. The van der Waals surface area contributed by atoms with Crippen molar-refractivity contribution in [2.75, 3.05) is 0 Å². The van der Waals surface area contributed by atoms with Crippen LogP contribution in [0, 0.1) is 6.92 Å². The van der Waals surface area contributed by atoms with E-state index in [1.807, 2.05) is 61.7 Å². The highest BCUT2D eigenvalue weighted by molar-refractivity contribution is 7.15. The van der Waals surface area contributed by atoms with Gasteiger partial charge >= 0.3 is 0 Å². The quantitative estimate of drug-likeness (QED) is 0.736. The highest BCUT2D eigenvalue weighted by Crippen LogP contribution is 2.31. The first kappa shape index (κ1) is 15.9. The van der Waals surface area contributed by atoms with Gasteiger partial charge in [-0.1, -0.05) is 36.4 Å². The van der Waals surface area contributed by atoms with Gasteiger partial charge < -0.3 is 5.32 Å². The van der Waals surface area contributed by atoms with E-state index in [9.17, 15) is 4.79 Å². The van der Waals surface area contributed by atoms with Gasteiger partial charge in [-0.3, -0.25) is 4.79 Å². The summed E-state index contributed by atoms with van der Waals surface area (Å²) in [6, 6.07) is 14.1. The third-order valence-electron chi connectivity index (χ3n) is 3.56. The Bertz CT molecular complexity index is 779. The number of amides is 1. The molecule has 118 valence electrons. The van der Waals surface area contributed by atoms with E-state index in [0.29, 0.717) is 6.42 Å². The molecule has 1 atom stereocenters. The van der Waals surface area contributed by atoms with E-state index < -0.39 is 0 Å². The van der Waals surface area contributed by atoms with Crippen LogP contribution in [0.2, 0.25) is 0 Å². The molecule has 0 spiro atoms. The van der Waals surface area contributed by atoms with Gasteiger partial charge in [0.15, 0.2) is 0 Å². The van der Waals surface area contributed by atoms with Crippen LogP contribution < -0.4 is 5.32 Å². The van der Waals surface area contributed by atoms with Crippen LogP contribution in [0.4, 0.5) is 0 Å². The molecule has 0 saturated carbocycles. The lowest BCUT2D eigenvalue weighted by atomic mass is 10.1. The number of thiazole rings is 1. The Morgan fingerprint density at radius 1 is 1.22 bits per heavy atom. The highest BCUT2D eigenvalue weighted by atomic mass is 32.1. The molecule has 2 aromatic heterocycles. The molecule has 1 amide bonds. The van der Waals surface area contributed by atoms with Crippen LogP contribution in [0.1, 0.15) is 28.4 Å². The van der Waals surface area contributed by atoms with Gasteiger partial charge in [0.05, 0.1) is 28.0 Å². The van der Waals surface area contributed by atoms with E-state index in [1.165, 1.54) is 0 Å². The molecule has 3 rings (SSSR count). The minimum Gasteiger partial charge on any atom is -0.349 e. The van der Waals surface area contributed by atoms with Crippen molar-refractivity contribution in [2.24, 2.45) is 0 Å². The number of aryl methyl sites for hydroxylation is 1. The lowest BCUT2D eigenvalue weighted by Crippen LogP contribution is -2.27. The largest absolute Gasteiger partial charge is 0.349 e. The van der Waals surface area contributed by atoms with Crippen molar-refractivity contribution in [1.29, 1.82) is 0 Å². The van der Waals surface area contributed by atoms with Crippen LogP contribution >= 0.6 is 22.7 Å². The zero-order valence-electron chi connectivity index (χ0n) is 13.1. The first-order valence-electron chi connectivity index (χ1n) is 7.48. The number of nitrogens with zero attached hydrogens (tertiary/aromatic N) is 1. The molecule has 2 heterocycles. The van der Waals surface area contributed by atoms with Gasteiger partial charge in [0, 0.05) is 4.88 Å². The molecule has 1 N–H and O–H groups in total. The Balaban J connectivity index is 1.71. The normalized spacial score (nSPS) is 12.1. The van der Waals surface area contributed by atoms with E-state index in [-0.39, 0.29) is 11.9 Å². The molecule has 1 aromatic carbocycles. The molecular formula is C18H18N2OS2. The third-order valence-corrected chi connectivity index (χ3v) is 5.40. The predicted octanol–water partition coefficient (Wildman–Crippen LogP) is 4.60. The smallest absolute Gasteiger partial charge is 0.225 e. The number of rotatable bonds is 5. The van der Waals surface area contributed by atoms with E-state index in [1.54, 1.807) is 22.7 Å². The Labute approximate surface area is 144 Å². The topological polar surface area (TPSA) is 42.0 Å². The molecule has 0 aliphatic rings. The molecule has 0 aliphatic heterocycles. The second kappa shape index (κ2) is 7.06. The molecule has 0 aliphatic carbocycles. The lowest BCUT2D eigenvalue weighted by Gasteiger charge is -2.14. The van der Waals surface area contributed by atoms with Gasteiger partial charge in [-0.05, 0) is 30.9 Å². The SMILES string of the molecule is Cc1nc(-c2cccs2)c(CC(=O)N[C@@H](C)c2ccccc2)s1. The number of hydrogen-bond donors (Lipinski definition) is 1. The van der Waals surface area contributed by atoms with E-state index in [0.717, 1.165) is 26.0 Å². The maximum atomic E-state index is 12.4. The number of carbonyl (C=O) groups is 1. The molecule has 3 nitrogen and oxygen atoms in total. The van der Waals surface area contributed by atoms with Gasteiger partial charge in [0.25, 0.3) is 0 Å². The summed E-state index contributed by atoms with van der Waals surface area (Å²) in [6.07, 6.45) is 0.371. The molecule has 23 heavy (non-hydrogen) atoms. The molecule has 0 saturated heterocycles. The Kier molecular flexibility index (Phi) is 4.88. The van der Waals surface area contributed by atoms with Crippen molar-refractivity contribution in [3.63, 3.8) is 0 Å². The first-order valence-corrected chi connectivity index (χ1v) is 9.17. The minimum atomic E-state index is 0.00269. The Hall–Kier alpha value is -1.98. The van der Waals surface area contributed by atoms with Crippen LogP contribution in [0.5, 0.6) is 0 Å². The van der Waals surface area contributed by atoms with Gasteiger partial charge in [-0.25, -0.2) is 4.98 Å². The summed E-state index contributed by atoms with van der Waals surface area (Å²) in [7, 11) is 0. The summed E-state index contributed by atoms with van der Waals surface area (Å²) in [5.74, 6) is 0.0304. The summed E-state index contributed by atoms with van der Waals surface area (Å²) >= 11 is 3.25. The van der Waals surface area contributed by atoms with Crippen molar-refractivity contribution in [3.8, 4) is 10.6 Å². The summed E-state index contributed by atoms with van der Waals surface area (Å²) in [5.41, 5.74) is 2.06. The van der Waals surface area contributed by atoms with Gasteiger partial charge in [0.2, 0.25) is 5.91 Å². The molecule has 0 bridgehead atoms. The number of hydrogen-bond acceptors (Lipinski definition) is 4. The zero-order chi connectivity index (χ0) is 16.2. The average Bonchev–Trinajstić information content (AvgIpc) is 3.17. The molecule has 0 unspecified atom stereocenters. The van der Waals surface area contributed by atoms with Crippen molar-refractivity contribution < 1.29 is 4.79 Å². The summed E-state index contributed by atoms with van der Waals surface area (Å²) in [5, 5.41) is 6.10. The summed E-state index contributed by atoms with van der Waals surface area (Å²) in [4.78, 5) is 19.1. The van der Waals surface area contributed by atoms with Crippen LogP contribution in [-0.4, -0.2) is 10.9 Å². The maximum Gasteiger partial charge on any atom is 0.225 e. The van der Waals surface area contributed by atoms with Crippen molar-refractivity contribution in [3.05, 3.63) is 63.3 Å². The van der Waals surface area contributed by atoms with Crippen LogP contribution in [0.25, 0.3) is 10.6 Å². The standard InChI is InChI=1S/C18H18N2OS2/c1-12(14-7-4-3-5-8-14)19-17(21)11-16-18(20-13(2)23-16)15-9-6-10-22-15/h3-10,12H,11H2,1-2H3,(H,19,21)/t12-/m0/s1. The van der Waals surface area contributed by atoms with Gasteiger partial charge in [-0.2, -0.15) is 0 Å². The summed E-state index contributed by atoms with van der Waals surface area (Å²) in [6.45, 7) is 3.99. The first-order chi connectivity index (χ1) is 11.1. The molecule has 0 fully saturated rings. The van der Waals surface area contributed by atoms with Crippen LogP contribution in [0.3, 0.4) is 0 Å². The molecular weight excluding hydrogens is 324 g/mol. The Morgan fingerprint density at radius 3 is 2.70 bits per heavy atom. The van der Waals surface area contributed by atoms with E-state index in [2.05, 4.69) is 10.3 Å². The number of thiophene rings is 1. The zero-order valence-corrected chi connectivity index (χ0v) is 14.7. The number of aromatic nitrogens is 1. The number of benzene rings is 1. The monoisotopic (exact) mass is 342 g/mol. The maximum absolute atomic E-state index is 12.4. The van der Waals surface area contributed by atoms with Crippen molar-refractivity contribution in [2.45, 2.75) is 26.3 Å². The Morgan fingerprint density at radius 2 is 2.00 bits per heavy atom. The lowest BCUT2D eigenvalue weighted by molar-refractivity contribution is -0.121. The average molecular weight is 342 g/mol. The second-order valence-electron chi connectivity index (χ2n) is 5.36. The van der Waals surface area contributed by atoms with Gasteiger partial charge in [0.1, 0.15) is 0 Å². The molecule has 3 aromatic rings. The number of nitrogens with one attached hydrogen (secondary N) is 1. The second-order valence-corrected chi connectivity index (χ2v) is 7.59.